The topological polar surface area (TPSA) is 27.7 Å². The summed E-state index contributed by atoms with van der Waals surface area (Å²) >= 11 is 0. The molecule has 0 amide bonds. The maximum atomic E-state index is 5.52. The first-order valence-electron chi connectivity index (χ1n) is 3.80. The smallest absolute Gasteiger partial charge is 0.355 e. The summed E-state index contributed by atoms with van der Waals surface area (Å²) in [5.41, 5.74) is 0. The molecule has 0 atom stereocenters. The molecular formula is C6H6BO3P3. The normalized spacial score (nSPS) is 24.0. The predicted molar refractivity (Wildman–Crippen MR) is 57.2 cm³/mol. The van der Waals surface area contributed by atoms with Crippen LogP contribution in [0.25, 0.3) is 0 Å². The van der Waals surface area contributed by atoms with Crippen LogP contribution in [0, 0.1) is 0 Å². The van der Waals surface area contributed by atoms with E-state index in [-0.39, 0.29) is 0 Å². The molecule has 3 nitrogen and oxygen atoms in total. The largest absolute Gasteiger partial charge is 0.650 e. The third kappa shape index (κ3) is 2.96. The Bertz CT molecular complexity index is 240. The van der Waals surface area contributed by atoms with E-state index in [1.807, 2.05) is 34.9 Å². The van der Waals surface area contributed by atoms with Crippen molar-refractivity contribution in [3.63, 3.8) is 0 Å². The Morgan fingerprint density at radius 1 is 0.615 bits per heavy atom. The molecule has 3 aliphatic heterocycles. The van der Waals surface area contributed by atoms with Gasteiger partial charge in [0, 0.05) is 0 Å². The average molecular weight is 230 g/mol. The Kier molecular flexibility index (Phi) is 2.39. The average Bonchev–Trinajstić information content (AvgIpc) is 2.94. The highest BCUT2D eigenvalue weighted by molar-refractivity contribution is 7.70. The van der Waals surface area contributed by atoms with Crippen molar-refractivity contribution in [3.8, 4) is 0 Å². The van der Waals surface area contributed by atoms with Gasteiger partial charge in [0.2, 0.25) is 0 Å². The zero-order valence-electron chi connectivity index (χ0n) is 6.61. The molecule has 0 bridgehead atoms. The zero-order chi connectivity index (χ0) is 8.67. The van der Waals surface area contributed by atoms with E-state index in [1.54, 1.807) is 0 Å². The summed E-state index contributed by atoms with van der Waals surface area (Å²) in [4.78, 5) is 0. The van der Waals surface area contributed by atoms with Crippen molar-refractivity contribution < 1.29 is 13.3 Å². The van der Waals surface area contributed by atoms with Gasteiger partial charge in [0.15, 0.2) is 0 Å². The first kappa shape index (κ1) is 8.74. The quantitative estimate of drug-likeness (QED) is 0.514. The fourth-order valence-electron chi connectivity index (χ4n) is 0.648. The molecule has 0 saturated heterocycles. The van der Waals surface area contributed by atoms with E-state index in [4.69, 9.17) is 13.3 Å². The van der Waals surface area contributed by atoms with Crippen LogP contribution >= 0.6 is 24.4 Å². The predicted octanol–water partition coefficient (Wildman–Crippen LogP) is 3.67. The lowest BCUT2D eigenvalue weighted by Gasteiger charge is -2.12. The standard InChI is InChI=1S/C6H6BO3P3/c1-2-11(1)8-7(9-12-3-4-12)10-13-5-6-13/h1-6H. The van der Waals surface area contributed by atoms with Crippen LogP contribution in [0.3, 0.4) is 0 Å². The summed E-state index contributed by atoms with van der Waals surface area (Å²) in [5, 5.41) is 0. The molecule has 0 saturated carbocycles. The molecule has 0 aromatic carbocycles. The highest BCUT2D eigenvalue weighted by Gasteiger charge is 2.35. The van der Waals surface area contributed by atoms with Crippen LogP contribution in [-0.4, -0.2) is 7.32 Å². The highest BCUT2D eigenvalue weighted by atomic mass is 31.2. The second-order valence-corrected chi connectivity index (χ2v) is 7.16. The zero-order valence-corrected chi connectivity index (χ0v) is 9.29. The number of hydrogen-bond acceptors (Lipinski definition) is 3. The molecule has 0 spiro atoms. The maximum Gasteiger partial charge on any atom is 0.650 e. The molecular weight excluding hydrogens is 224 g/mol. The first-order valence-corrected chi connectivity index (χ1v) is 8.00. The van der Waals surface area contributed by atoms with Crippen LogP contribution in [0.5, 0.6) is 0 Å². The molecule has 0 aromatic rings. The molecule has 3 heterocycles. The molecule has 66 valence electrons. The van der Waals surface area contributed by atoms with Crippen LogP contribution < -0.4 is 0 Å². The second-order valence-electron chi connectivity index (χ2n) is 2.58. The van der Waals surface area contributed by atoms with Gasteiger partial charge in [-0.3, -0.25) is 0 Å². The lowest BCUT2D eigenvalue weighted by molar-refractivity contribution is 0.365. The van der Waals surface area contributed by atoms with Crippen molar-refractivity contribution >= 4 is 31.8 Å². The second kappa shape index (κ2) is 3.55. The van der Waals surface area contributed by atoms with Gasteiger partial charge in [-0.25, -0.2) is 0 Å². The molecule has 0 unspecified atom stereocenters. The van der Waals surface area contributed by atoms with Crippen LogP contribution in [0.1, 0.15) is 0 Å². The summed E-state index contributed by atoms with van der Waals surface area (Å²) in [6.07, 6.45) is 0. The summed E-state index contributed by atoms with van der Waals surface area (Å²) < 4.78 is 16.6. The Balaban J connectivity index is 1.45. The van der Waals surface area contributed by atoms with Crippen molar-refractivity contribution in [2.75, 3.05) is 0 Å². The summed E-state index contributed by atoms with van der Waals surface area (Å²) in [5.74, 6) is 12.2. The summed E-state index contributed by atoms with van der Waals surface area (Å²) in [7, 11) is -1.75. The third-order valence-electron chi connectivity index (χ3n) is 1.44. The molecule has 3 aliphatic rings. The minimum Gasteiger partial charge on any atom is -0.355 e. The molecule has 0 N–H and O–H groups in total. The van der Waals surface area contributed by atoms with E-state index >= 15 is 0 Å². The minimum atomic E-state index is -0.455. The van der Waals surface area contributed by atoms with Gasteiger partial charge in [-0.1, -0.05) is 0 Å². The summed E-state index contributed by atoms with van der Waals surface area (Å²) in [6, 6.07) is 0. The minimum absolute atomic E-state index is 0.430. The maximum absolute atomic E-state index is 5.52. The Morgan fingerprint density at radius 3 is 1.15 bits per heavy atom. The van der Waals surface area contributed by atoms with Gasteiger partial charge in [0.05, 0.1) is 24.4 Å². The van der Waals surface area contributed by atoms with E-state index in [0.717, 1.165) is 0 Å². The van der Waals surface area contributed by atoms with Gasteiger partial charge < -0.3 is 13.3 Å². The molecule has 3 rings (SSSR count). The third-order valence-corrected chi connectivity index (χ3v) is 4.31. The first-order chi connectivity index (χ1) is 6.40. The molecule has 0 fully saturated rings. The van der Waals surface area contributed by atoms with Gasteiger partial charge >= 0.3 is 7.32 Å². The summed E-state index contributed by atoms with van der Waals surface area (Å²) in [6.45, 7) is 0. The van der Waals surface area contributed by atoms with Gasteiger partial charge in [0.25, 0.3) is 0 Å². The molecule has 0 aliphatic carbocycles. The highest BCUT2D eigenvalue weighted by Crippen LogP contribution is 2.62. The molecule has 0 radical (unpaired) electrons. The van der Waals surface area contributed by atoms with Crippen molar-refractivity contribution in [1.82, 2.24) is 0 Å². The fraction of sp³-hybridized carbons (Fsp3) is 0. The fourth-order valence-corrected chi connectivity index (χ4v) is 2.78. The Labute approximate surface area is 80.5 Å². The van der Waals surface area contributed by atoms with Crippen LogP contribution in [0.15, 0.2) is 34.9 Å². The van der Waals surface area contributed by atoms with Gasteiger partial charge in [0.1, 0.15) is 0 Å². The van der Waals surface area contributed by atoms with E-state index in [9.17, 15) is 0 Å². The number of hydrogen-bond donors (Lipinski definition) is 0. The van der Waals surface area contributed by atoms with Gasteiger partial charge in [-0.15, -0.1) is 0 Å². The SMILES string of the molecule is C1=CP1OB(OP1C=C1)OP1C=C1. The van der Waals surface area contributed by atoms with Crippen LogP contribution in [-0.2, 0) is 13.3 Å². The van der Waals surface area contributed by atoms with Crippen molar-refractivity contribution in [3.05, 3.63) is 34.9 Å². The van der Waals surface area contributed by atoms with E-state index in [2.05, 4.69) is 0 Å². The lowest BCUT2D eigenvalue weighted by atomic mass is 10.3. The Morgan fingerprint density at radius 2 is 0.923 bits per heavy atom. The monoisotopic (exact) mass is 230 g/mol. The molecule has 7 heteroatoms. The van der Waals surface area contributed by atoms with E-state index in [1.165, 1.54) is 0 Å². The van der Waals surface area contributed by atoms with Crippen LogP contribution in [0.2, 0.25) is 0 Å². The van der Waals surface area contributed by atoms with Gasteiger partial charge in [-0.05, 0) is 34.9 Å². The Hall–Kier alpha value is 0.455. The van der Waals surface area contributed by atoms with Crippen molar-refractivity contribution in [2.45, 2.75) is 0 Å². The van der Waals surface area contributed by atoms with E-state index in [0.29, 0.717) is 0 Å². The number of rotatable bonds is 6. The van der Waals surface area contributed by atoms with E-state index < -0.39 is 31.8 Å². The van der Waals surface area contributed by atoms with Crippen LogP contribution in [0.4, 0.5) is 0 Å². The van der Waals surface area contributed by atoms with Crippen molar-refractivity contribution in [2.24, 2.45) is 0 Å². The lowest BCUT2D eigenvalue weighted by Crippen LogP contribution is -2.17. The molecule has 13 heavy (non-hydrogen) atoms. The molecule has 0 aromatic heterocycles. The van der Waals surface area contributed by atoms with Crippen molar-refractivity contribution in [1.29, 1.82) is 0 Å². The van der Waals surface area contributed by atoms with Gasteiger partial charge in [-0.2, -0.15) is 0 Å².